The Hall–Kier alpha value is -3.32. The number of aryl methyl sites for hydroxylation is 1. The molecule has 1 aromatic carbocycles. The number of hydrogen-bond acceptors (Lipinski definition) is 4. The summed E-state index contributed by atoms with van der Waals surface area (Å²) in [6.07, 6.45) is 4.19. The van der Waals surface area contributed by atoms with E-state index in [1.54, 1.807) is 23.4 Å². The van der Waals surface area contributed by atoms with Gasteiger partial charge < -0.3 is 19.2 Å². The maximum Gasteiger partial charge on any atom is 0.321 e. The standard InChI is InChI=1S/C22H20ClN5O2/c1-14-6-7-15(12-17(14)23)25-22(29)27-10-8-16(13-27)28-20-18(4-2-9-24-20)26-21(28)19-5-3-11-30-19/h2-7,9,11-12,16H,8,10,13H2,1H3,(H,25,29)/t16-/m0/s1. The van der Waals surface area contributed by atoms with E-state index in [-0.39, 0.29) is 12.1 Å². The number of rotatable bonds is 3. The van der Waals surface area contributed by atoms with Crippen LogP contribution in [0.4, 0.5) is 10.5 Å². The first-order chi connectivity index (χ1) is 14.6. The highest BCUT2D eigenvalue weighted by Gasteiger charge is 2.31. The zero-order chi connectivity index (χ0) is 20.7. The summed E-state index contributed by atoms with van der Waals surface area (Å²) in [4.78, 5) is 23.9. The molecule has 1 N–H and O–H groups in total. The number of nitrogens with zero attached hydrogens (tertiary/aromatic N) is 4. The fourth-order valence-electron chi connectivity index (χ4n) is 3.87. The van der Waals surface area contributed by atoms with E-state index in [9.17, 15) is 4.79 Å². The molecule has 0 saturated carbocycles. The zero-order valence-electron chi connectivity index (χ0n) is 16.4. The van der Waals surface area contributed by atoms with Crippen molar-refractivity contribution < 1.29 is 9.21 Å². The summed E-state index contributed by atoms with van der Waals surface area (Å²) >= 11 is 6.18. The number of halogens is 1. The third-order valence-corrected chi connectivity index (χ3v) is 5.84. The number of nitrogens with one attached hydrogen (secondary N) is 1. The van der Waals surface area contributed by atoms with Crippen molar-refractivity contribution in [1.29, 1.82) is 0 Å². The van der Waals surface area contributed by atoms with Crippen LogP contribution in [0.1, 0.15) is 18.0 Å². The van der Waals surface area contributed by atoms with Crippen molar-refractivity contribution in [3.63, 3.8) is 0 Å². The molecule has 152 valence electrons. The van der Waals surface area contributed by atoms with Crippen molar-refractivity contribution in [2.24, 2.45) is 0 Å². The summed E-state index contributed by atoms with van der Waals surface area (Å²) in [6.45, 7) is 3.13. The van der Waals surface area contributed by atoms with Crippen molar-refractivity contribution in [3.8, 4) is 11.6 Å². The summed E-state index contributed by atoms with van der Waals surface area (Å²) in [5.74, 6) is 1.41. The molecule has 2 amide bonds. The molecule has 1 aliphatic rings. The van der Waals surface area contributed by atoms with E-state index in [1.165, 1.54) is 0 Å². The normalized spacial score (nSPS) is 16.3. The lowest BCUT2D eigenvalue weighted by Crippen LogP contribution is -2.33. The lowest BCUT2D eigenvalue weighted by atomic mass is 10.2. The second kappa shape index (κ2) is 7.50. The van der Waals surface area contributed by atoms with E-state index >= 15 is 0 Å². The summed E-state index contributed by atoms with van der Waals surface area (Å²) in [5.41, 5.74) is 3.26. The molecule has 1 aliphatic heterocycles. The number of carbonyl (C=O) groups excluding carboxylic acids is 1. The highest BCUT2D eigenvalue weighted by Crippen LogP contribution is 2.32. The Balaban J connectivity index is 1.40. The number of fused-ring (bicyclic) bond motifs is 1. The molecule has 1 atom stereocenters. The van der Waals surface area contributed by atoms with Crippen LogP contribution >= 0.6 is 11.6 Å². The van der Waals surface area contributed by atoms with Crippen LogP contribution in [-0.4, -0.2) is 38.6 Å². The van der Waals surface area contributed by atoms with Crippen LogP contribution in [0.15, 0.2) is 59.3 Å². The second-order valence-electron chi connectivity index (χ2n) is 7.41. The van der Waals surface area contributed by atoms with Crippen LogP contribution in [0, 0.1) is 6.92 Å². The summed E-state index contributed by atoms with van der Waals surface area (Å²) in [7, 11) is 0. The first kappa shape index (κ1) is 18.7. The van der Waals surface area contributed by atoms with Crippen LogP contribution in [0.5, 0.6) is 0 Å². The van der Waals surface area contributed by atoms with Gasteiger partial charge in [-0.25, -0.2) is 14.8 Å². The molecule has 30 heavy (non-hydrogen) atoms. The summed E-state index contributed by atoms with van der Waals surface area (Å²) in [6, 6.07) is 13.0. The molecule has 8 heteroatoms. The third-order valence-electron chi connectivity index (χ3n) is 5.43. The first-order valence-electron chi connectivity index (χ1n) is 9.79. The Morgan fingerprint density at radius 3 is 2.97 bits per heavy atom. The quantitative estimate of drug-likeness (QED) is 0.497. The molecule has 4 heterocycles. The SMILES string of the molecule is Cc1ccc(NC(=O)N2CC[C@H](n3c(-c4ccco4)nc4cccnc43)C2)cc1Cl. The number of amides is 2. The number of hydrogen-bond donors (Lipinski definition) is 1. The maximum atomic E-state index is 12.8. The molecule has 1 fully saturated rings. The first-order valence-corrected chi connectivity index (χ1v) is 10.2. The van der Waals surface area contributed by atoms with E-state index in [1.807, 2.05) is 43.3 Å². The van der Waals surface area contributed by atoms with Crippen molar-refractivity contribution in [2.75, 3.05) is 18.4 Å². The minimum atomic E-state index is -0.144. The van der Waals surface area contributed by atoms with Gasteiger partial charge in [0.05, 0.1) is 12.3 Å². The largest absolute Gasteiger partial charge is 0.461 e. The molecule has 3 aromatic heterocycles. The number of anilines is 1. The topological polar surface area (TPSA) is 76.2 Å². The minimum absolute atomic E-state index is 0.0531. The molecule has 5 rings (SSSR count). The van der Waals surface area contributed by atoms with Crippen LogP contribution in [0.2, 0.25) is 5.02 Å². The Bertz CT molecular complexity index is 1220. The number of imidazole rings is 1. The predicted octanol–water partition coefficient (Wildman–Crippen LogP) is 5.13. The number of benzene rings is 1. The van der Waals surface area contributed by atoms with Crippen molar-refractivity contribution >= 4 is 34.5 Å². The number of aromatic nitrogens is 3. The van der Waals surface area contributed by atoms with Crippen LogP contribution in [0.25, 0.3) is 22.7 Å². The molecule has 0 aliphatic carbocycles. The maximum absolute atomic E-state index is 12.8. The monoisotopic (exact) mass is 421 g/mol. The molecule has 0 unspecified atom stereocenters. The van der Waals surface area contributed by atoms with Gasteiger partial charge in [-0.15, -0.1) is 0 Å². The third kappa shape index (κ3) is 3.31. The van der Waals surface area contributed by atoms with E-state index in [2.05, 4.69) is 14.9 Å². The lowest BCUT2D eigenvalue weighted by molar-refractivity contribution is 0.221. The van der Waals surface area contributed by atoms with Gasteiger partial charge in [-0.05, 0) is 55.3 Å². The van der Waals surface area contributed by atoms with Gasteiger partial charge in [0.1, 0.15) is 5.52 Å². The Kier molecular flexibility index (Phi) is 4.67. The van der Waals surface area contributed by atoms with Gasteiger partial charge in [0.15, 0.2) is 17.2 Å². The minimum Gasteiger partial charge on any atom is -0.461 e. The number of furan rings is 1. The summed E-state index contributed by atoms with van der Waals surface area (Å²) < 4.78 is 7.69. The molecule has 0 bridgehead atoms. The average Bonchev–Trinajstić information content (AvgIpc) is 3.49. The molecule has 7 nitrogen and oxygen atoms in total. The van der Waals surface area contributed by atoms with Gasteiger partial charge >= 0.3 is 6.03 Å². The summed E-state index contributed by atoms with van der Waals surface area (Å²) in [5, 5.41) is 3.57. The van der Waals surface area contributed by atoms with Crippen molar-refractivity contribution in [1.82, 2.24) is 19.4 Å². The molecule has 0 spiro atoms. The highest BCUT2D eigenvalue weighted by atomic mass is 35.5. The van der Waals surface area contributed by atoms with E-state index in [0.717, 1.165) is 29.0 Å². The van der Waals surface area contributed by atoms with E-state index in [0.29, 0.717) is 29.6 Å². The Morgan fingerprint density at radius 1 is 1.27 bits per heavy atom. The van der Waals surface area contributed by atoms with Gasteiger partial charge in [0, 0.05) is 30.0 Å². The zero-order valence-corrected chi connectivity index (χ0v) is 17.1. The fourth-order valence-corrected chi connectivity index (χ4v) is 4.05. The lowest BCUT2D eigenvalue weighted by Gasteiger charge is -2.19. The highest BCUT2D eigenvalue weighted by molar-refractivity contribution is 6.31. The number of carbonyl (C=O) groups is 1. The molecule has 1 saturated heterocycles. The Labute approximate surface area is 178 Å². The van der Waals surface area contributed by atoms with E-state index in [4.69, 9.17) is 21.0 Å². The number of likely N-dealkylation sites (tertiary alicyclic amines) is 1. The van der Waals surface area contributed by atoms with E-state index < -0.39 is 0 Å². The second-order valence-corrected chi connectivity index (χ2v) is 7.82. The number of urea groups is 1. The van der Waals surface area contributed by atoms with Gasteiger partial charge in [0.25, 0.3) is 0 Å². The smallest absolute Gasteiger partial charge is 0.321 e. The predicted molar refractivity (Wildman–Crippen MR) is 116 cm³/mol. The van der Waals surface area contributed by atoms with Gasteiger partial charge in [-0.2, -0.15) is 0 Å². The Morgan fingerprint density at radius 2 is 2.17 bits per heavy atom. The van der Waals surface area contributed by atoms with Crippen LogP contribution in [0.3, 0.4) is 0 Å². The molecular formula is C22H20ClN5O2. The van der Waals surface area contributed by atoms with Crippen LogP contribution < -0.4 is 5.32 Å². The van der Waals surface area contributed by atoms with Gasteiger partial charge in [0.2, 0.25) is 0 Å². The fraction of sp³-hybridized carbons (Fsp3) is 0.227. The average molecular weight is 422 g/mol. The van der Waals surface area contributed by atoms with Crippen molar-refractivity contribution in [2.45, 2.75) is 19.4 Å². The molecular weight excluding hydrogens is 402 g/mol. The number of pyridine rings is 1. The van der Waals surface area contributed by atoms with Gasteiger partial charge in [-0.1, -0.05) is 17.7 Å². The van der Waals surface area contributed by atoms with Crippen LogP contribution in [-0.2, 0) is 0 Å². The van der Waals surface area contributed by atoms with Crippen molar-refractivity contribution in [3.05, 3.63) is 65.5 Å². The molecule has 4 aromatic rings. The van der Waals surface area contributed by atoms with Gasteiger partial charge in [-0.3, -0.25) is 0 Å². The molecule has 0 radical (unpaired) electrons.